The predicted octanol–water partition coefficient (Wildman–Crippen LogP) is 3.31. The third-order valence-electron chi connectivity index (χ3n) is 7.31. The molecule has 3 aliphatic rings. The molecule has 3 aliphatic heterocycles. The van der Waals surface area contributed by atoms with Gasteiger partial charge in [0.25, 0.3) is 5.91 Å². The van der Waals surface area contributed by atoms with Crippen LogP contribution in [0, 0.1) is 17.7 Å². The summed E-state index contributed by atoms with van der Waals surface area (Å²) in [5.41, 5.74) is 1.40. The first-order chi connectivity index (χ1) is 15.5. The van der Waals surface area contributed by atoms with Crippen LogP contribution in [0.1, 0.15) is 41.7 Å². The van der Waals surface area contributed by atoms with Gasteiger partial charge in [-0.05, 0) is 67.3 Å². The fourth-order valence-electron chi connectivity index (χ4n) is 5.91. The zero-order valence-corrected chi connectivity index (χ0v) is 18.2. The summed E-state index contributed by atoms with van der Waals surface area (Å²) in [4.78, 5) is 34.2. The lowest BCUT2D eigenvalue weighted by molar-refractivity contribution is -0.151. The summed E-state index contributed by atoms with van der Waals surface area (Å²) in [5, 5.41) is 0. The second-order valence-corrected chi connectivity index (χ2v) is 9.21. The van der Waals surface area contributed by atoms with Crippen molar-refractivity contribution in [2.75, 3.05) is 20.2 Å². The minimum atomic E-state index is -0.452. The fourth-order valence-corrected chi connectivity index (χ4v) is 5.91. The summed E-state index contributed by atoms with van der Waals surface area (Å²) < 4.78 is 18.7. The van der Waals surface area contributed by atoms with E-state index in [0.717, 1.165) is 43.2 Å². The molecule has 0 saturated carbocycles. The average Bonchev–Trinajstić information content (AvgIpc) is 2.82. The zero-order valence-electron chi connectivity index (χ0n) is 18.2. The smallest absolute Gasteiger partial charge is 0.272 e. The van der Waals surface area contributed by atoms with Crippen molar-refractivity contribution >= 4 is 11.8 Å². The number of aromatic nitrogens is 1. The van der Waals surface area contributed by atoms with Gasteiger partial charge in [-0.25, -0.2) is 9.37 Å². The number of piperidine rings is 3. The number of ether oxygens (including phenoxy) is 1. The summed E-state index contributed by atoms with van der Waals surface area (Å²) in [7, 11) is 1.66. The number of halogens is 1. The van der Waals surface area contributed by atoms with Crippen LogP contribution in [0.15, 0.2) is 42.6 Å². The Kier molecular flexibility index (Phi) is 5.57. The summed E-state index contributed by atoms with van der Waals surface area (Å²) >= 11 is 0. The molecule has 0 radical (unpaired) electrons. The Morgan fingerprint density at radius 3 is 2.84 bits per heavy atom. The van der Waals surface area contributed by atoms with E-state index in [2.05, 4.69) is 16.0 Å². The van der Waals surface area contributed by atoms with Crippen molar-refractivity contribution in [3.05, 3.63) is 59.7 Å². The lowest BCUT2D eigenvalue weighted by atomic mass is 9.70. The van der Waals surface area contributed by atoms with Gasteiger partial charge in [-0.15, -0.1) is 0 Å². The second-order valence-electron chi connectivity index (χ2n) is 9.21. The van der Waals surface area contributed by atoms with E-state index in [0.29, 0.717) is 19.5 Å². The van der Waals surface area contributed by atoms with Crippen LogP contribution in [0.4, 0.5) is 4.39 Å². The van der Waals surface area contributed by atoms with E-state index in [1.807, 2.05) is 23.1 Å². The molecule has 3 fully saturated rings. The molecule has 168 valence electrons. The molecule has 2 amide bonds. The third kappa shape index (κ3) is 3.85. The highest BCUT2D eigenvalue weighted by atomic mass is 19.1. The van der Waals surface area contributed by atoms with Crippen molar-refractivity contribution in [2.24, 2.45) is 11.8 Å². The standard InChI is InChI=1S/C25H28FN3O3/c1-32-20-5-2-4-16(10-20)11-23-18-12-17(22-6-3-7-24(30)29(22)23)14-28(15-18)25(31)21-9-8-19(26)13-27-21/h2,4-5,8-10,13,17-18,22-23H,3,6-7,11-12,14-15H2,1H3/t17-,18+,22+,23+/m1/s1. The molecule has 2 bridgehead atoms. The highest BCUT2D eigenvalue weighted by Gasteiger charge is 2.50. The summed E-state index contributed by atoms with van der Waals surface area (Å²) in [6.45, 7) is 1.20. The quantitative estimate of drug-likeness (QED) is 0.736. The molecule has 0 N–H and O–H groups in total. The van der Waals surface area contributed by atoms with Gasteiger partial charge < -0.3 is 14.5 Å². The van der Waals surface area contributed by atoms with Crippen LogP contribution in [0.25, 0.3) is 0 Å². The normalized spacial score (nSPS) is 27.1. The van der Waals surface area contributed by atoms with Gasteiger partial charge in [0.15, 0.2) is 0 Å². The summed E-state index contributed by atoms with van der Waals surface area (Å²) in [5.74, 6) is 0.901. The summed E-state index contributed by atoms with van der Waals surface area (Å²) in [6.07, 6.45) is 5.34. The van der Waals surface area contributed by atoms with Crippen LogP contribution in [0.2, 0.25) is 0 Å². The van der Waals surface area contributed by atoms with Crippen LogP contribution >= 0.6 is 0 Å². The van der Waals surface area contributed by atoms with Crippen molar-refractivity contribution < 1.29 is 18.7 Å². The number of rotatable bonds is 4. The first-order valence-electron chi connectivity index (χ1n) is 11.4. The van der Waals surface area contributed by atoms with Gasteiger partial charge in [0.2, 0.25) is 5.91 Å². The number of amides is 2. The van der Waals surface area contributed by atoms with Crippen molar-refractivity contribution in [2.45, 2.75) is 44.2 Å². The molecule has 7 heteroatoms. The van der Waals surface area contributed by atoms with E-state index in [1.54, 1.807) is 7.11 Å². The number of hydrogen-bond acceptors (Lipinski definition) is 4. The Bertz CT molecular complexity index is 1010. The minimum Gasteiger partial charge on any atom is -0.497 e. The van der Waals surface area contributed by atoms with E-state index in [-0.39, 0.29) is 41.4 Å². The lowest BCUT2D eigenvalue weighted by Gasteiger charge is -2.56. The topological polar surface area (TPSA) is 62.7 Å². The number of benzene rings is 1. The second kappa shape index (κ2) is 8.52. The van der Waals surface area contributed by atoms with Gasteiger partial charge in [-0.3, -0.25) is 9.59 Å². The number of carbonyl (C=O) groups is 2. The Hall–Kier alpha value is -2.96. The van der Waals surface area contributed by atoms with Crippen molar-refractivity contribution in [3.63, 3.8) is 0 Å². The highest BCUT2D eigenvalue weighted by Crippen LogP contribution is 2.43. The summed E-state index contributed by atoms with van der Waals surface area (Å²) in [6, 6.07) is 11.0. The van der Waals surface area contributed by atoms with Gasteiger partial charge in [-0.2, -0.15) is 0 Å². The Morgan fingerprint density at radius 1 is 1.22 bits per heavy atom. The van der Waals surface area contributed by atoms with Crippen molar-refractivity contribution in [1.29, 1.82) is 0 Å². The molecular weight excluding hydrogens is 409 g/mol. The molecule has 5 rings (SSSR count). The number of pyridine rings is 1. The first kappa shape index (κ1) is 20.9. The molecule has 6 nitrogen and oxygen atoms in total. The average molecular weight is 438 g/mol. The minimum absolute atomic E-state index is 0.0490. The number of methoxy groups -OCH3 is 1. The fraction of sp³-hybridized carbons (Fsp3) is 0.480. The van der Waals surface area contributed by atoms with Crippen LogP contribution in [0.3, 0.4) is 0 Å². The molecule has 4 atom stereocenters. The van der Waals surface area contributed by atoms with Gasteiger partial charge >= 0.3 is 0 Å². The molecule has 1 aromatic heterocycles. The van der Waals surface area contributed by atoms with E-state index in [4.69, 9.17) is 4.74 Å². The van der Waals surface area contributed by atoms with E-state index in [9.17, 15) is 14.0 Å². The molecular formula is C25H28FN3O3. The Labute approximate surface area is 187 Å². The largest absolute Gasteiger partial charge is 0.497 e. The van der Waals surface area contributed by atoms with Gasteiger partial charge in [0, 0.05) is 31.6 Å². The number of fused-ring (bicyclic) bond motifs is 4. The van der Waals surface area contributed by atoms with Gasteiger partial charge in [0.05, 0.1) is 13.3 Å². The van der Waals surface area contributed by atoms with Crippen LogP contribution < -0.4 is 4.74 Å². The number of likely N-dealkylation sites (tertiary alicyclic amines) is 1. The first-order valence-corrected chi connectivity index (χ1v) is 11.4. The van der Waals surface area contributed by atoms with Crippen LogP contribution in [0.5, 0.6) is 5.75 Å². The number of hydrogen-bond donors (Lipinski definition) is 0. The van der Waals surface area contributed by atoms with E-state index < -0.39 is 5.82 Å². The molecule has 1 aromatic carbocycles. The maximum atomic E-state index is 13.3. The van der Waals surface area contributed by atoms with Crippen molar-refractivity contribution in [1.82, 2.24) is 14.8 Å². The molecule has 3 saturated heterocycles. The van der Waals surface area contributed by atoms with Crippen LogP contribution in [-0.4, -0.2) is 58.9 Å². The van der Waals surface area contributed by atoms with E-state index in [1.165, 1.54) is 12.1 Å². The maximum absolute atomic E-state index is 13.3. The molecule has 0 spiro atoms. The predicted molar refractivity (Wildman–Crippen MR) is 117 cm³/mol. The molecule has 4 heterocycles. The monoisotopic (exact) mass is 437 g/mol. The Balaban J connectivity index is 1.43. The third-order valence-corrected chi connectivity index (χ3v) is 7.31. The highest BCUT2D eigenvalue weighted by molar-refractivity contribution is 5.92. The SMILES string of the molecule is COc1cccc(C[C@H]2[C@H]3C[C@H](CN(C(=O)c4ccc(F)cn4)C3)[C@@H]3CCCC(=O)N32)c1. The Morgan fingerprint density at radius 2 is 2.06 bits per heavy atom. The van der Waals surface area contributed by atoms with E-state index >= 15 is 0 Å². The lowest BCUT2D eigenvalue weighted by Crippen LogP contribution is -2.66. The van der Waals surface area contributed by atoms with Gasteiger partial charge in [0.1, 0.15) is 17.3 Å². The molecule has 0 aliphatic carbocycles. The number of carbonyl (C=O) groups excluding carboxylic acids is 2. The molecule has 2 aromatic rings. The number of nitrogens with zero attached hydrogens (tertiary/aromatic N) is 3. The van der Waals surface area contributed by atoms with Gasteiger partial charge in [-0.1, -0.05) is 12.1 Å². The molecule has 0 unspecified atom stereocenters. The zero-order chi connectivity index (χ0) is 22.2. The molecule has 32 heavy (non-hydrogen) atoms. The van der Waals surface area contributed by atoms with Crippen molar-refractivity contribution in [3.8, 4) is 5.75 Å². The maximum Gasteiger partial charge on any atom is 0.272 e. The van der Waals surface area contributed by atoms with Crippen LogP contribution in [-0.2, 0) is 11.2 Å².